The summed E-state index contributed by atoms with van der Waals surface area (Å²) < 4.78 is 20.6. The SMILES string of the molecule is Cc1sc2ccc(OCc3ccccc3F)cc2c1C(=O)NC1(CO)CCC1. The Labute approximate surface area is 167 Å². The van der Waals surface area contributed by atoms with E-state index in [-0.39, 0.29) is 24.9 Å². The minimum atomic E-state index is -0.489. The number of carbonyl (C=O) groups excluding carboxylic acids is 1. The van der Waals surface area contributed by atoms with E-state index in [0.29, 0.717) is 16.9 Å². The van der Waals surface area contributed by atoms with E-state index in [2.05, 4.69) is 5.32 Å². The van der Waals surface area contributed by atoms with Crippen molar-refractivity contribution in [3.8, 4) is 5.75 Å². The Balaban J connectivity index is 1.59. The molecule has 1 aromatic heterocycles. The summed E-state index contributed by atoms with van der Waals surface area (Å²) in [5.74, 6) is 0.122. The average Bonchev–Trinajstić information content (AvgIpc) is 2.99. The van der Waals surface area contributed by atoms with E-state index in [1.165, 1.54) is 6.07 Å². The van der Waals surface area contributed by atoms with Gasteiger partial charge in [0, 0.05) is 20.5 Å². The molecule has 146 valence electrons. The molecule has 1 saturated carbocycles. The number of thiophene rings is 1. The first-order valence-electron chi connectivity index (χ1n) is 9.34. The zero-order chi connectivity index (χ0) is 19.7. The fourth-order valence-corrected chi connectivity index (χ4v) is 4.62. The first-order chi connectivity index (χ1) is 13.5. The van der Waals surface area contributed by atoms with Crippen LogP contribution in [0, 0.1) is 12.7 Å². The summed E-state index contributed by atoms with van der Waals surface area (Å²) in [5, 5.41) is 13.5. The van der Waals surface area contributed by atoms with Crippen LogP contribution in [0.3, 0.4) is 0 Å². The Morgan fingerprint density at radius 3 is 2.75 bits per heavy atom. The molecule has 4 nitrogen and oxygen atoms in total. The molecule has 2 aromatic carbocycles. The molecule has 1 amide bonds. The van der Waals surface area contributed by atoms with Crippen LogP contribution in [0.5, 0.6) is 5.75 Å². The van der Waals surface area contributed by atoms with Gasteiger partial charge in [0.05, 0.1) is 17.7 Å². The Morgan fingerprint density at radius 2 is 2.07 bits per heavy atom. The second-order valence-corrected chi connectivity index (χ2v) is 8.57. The first kappa shape index (κ1) is 18.9. The maximum Gasteiger partial charge on any atom is 0.253 e. The number of ether oxygens (including phenoxy) is 1. The van der Waals surface area contributed by atoms with Crippen LogP contribution in [-0.4, -0.2) is 23.2 Å². The standard InChI is InChI=1S/C22H22FNO3S/c1-14-20(21(26)24-22(13-25)9-4-10-22)17-11-16(7-8-19(17)28-14)27-12-15-5-2-3-6-18(15)23/h2-3,5-8,11,25H,4,9-10,12-13H2,1H3,(H,24,26). The van der Waals surface area contributed by atoms with Crippen LogP contribution in [0.4, 0.5) is 4.39 Å². The monoisotopic (exact) mass is 399 g/mol. The summed E-state index contributed by atoms with van der Waals surface area (Å²) in [6.07, 6.45) is 2.61. The van der Waals surface area contributed by atoms with Crippen molar-refractivity contribution < 1.29 is 19.0 Å². The summed E-state index contributed by atoms with van der Waals surface area (Å²) in [5.41, 5.74) is 0.615. The number of benzene rings is 2. The highest BCUT2D eigenvalue weighted by Gasteiger charge is 2.38. The number of carbonyl (C=O) groups is 1. The number of nitrogens with one attached hydrogen (secondary N) is 1. The quantitative estimate of drug-likeness (QED) is 0.638. The van der Waals surface area contributed by atoms with Gasteiger partial charge < -0.3 is 15.2 Å². The number of hydrogen-bond acceptors (Lipinski definition) is 4. The van der Waals surface area contributed by atoms with Crippen LogP contribution in [0.15, 0.2) is 42.5 Å². The third-order valence-electron chi connectivity index (χ3n) is 5.41. The van der Waals surface area contributed by atoms with E-state index in [9.17, 15) is 14.3 Å². The predicted molar refractivity (Wildman–Crippen MR) is 108 cm³/mol. The largest absolute Gasteiger partial charge is 0.489 e. The van der Waals surface area contributed by atoms with E-state index in [1.54, 1.807) is 29.5 Å². The molecule has 1 heterocycles. The second kappa shape index (κ2) is 7.53. The third-order valence-corrected chi connectivity index (χ3v) is 6.49. The molecule has 0 bridgehead atoms. The molecule has 0 unspecified atom stereocenters. The number of amides is 1. The van der Waals surface area contributed by atoms with Crippen LogP contribution in [0.2, 0.25) is 0 Å². The Bertz CT molecular complexity index is 1020. The van der Waals surface area contributed by atoms with Gasteiger partial charge in [0.15, 0.2) is 0 Å². The fraction of sp³-hybridized carbons (Fsp3) is 0.318. The molecular weight excluding hydrogens is 377 g/mol. The number of aryl methyl sites for hydroxylation is 1. The normalized spacial score (nSPS) is 15.2. The van der Waals surface area contributed by atoms with Gasteiger partial charge in [-0.05, 0) is 50.5 Å². The van der Waals surface area contributed by atoms with Gasteiger partial charge >= 0.3 is 0 Å². The lowest BCUT2D eigenvalue weighted by Crippen LogP contribution is -2.56. The van der Waals surface area contributed by atoms with Crippen molar-refractivity contribution in [1.29, 1.82) is 0 Å². The second-order valence-electron chi connectivity index (χ2n) is 7.32. The van der Waals surface area contributed by atoms with Gasteiger partial charge in [-0.25, -0.2) is 4.39 Å². The number of hydrogen-bond donors (Lipinski definition) is 2. The van der Waals surface area contributed by atoms with E-state index in [4.69, 9.17) is 4.74 Å². The van der Waals surface area contributed by atoms with Gasteiger partial charge in [-0.1, -0.05) is 18.2 Å². The number of aliphatic hydroxyl groups excluding tert-OH is 1. The van der Waals surface area contributed by atoms with E-state index in [0.717, 1.165) is 34.2 Å². The lowest BCUT2D eigenvalue weighted by atomic mass is 9.77. The van der Waals surface area contributed by atoms with Gasteiger partial charge in [-0.3, -0.25) is 4.79 Å². The zero-order valence-electron chi connectivity index (χ0n) is 15.6. The van der Waals surface area contributed by atoms with Crippen LogP contribution < -0.4 is 10.1 Å². The van der Waals surface area contributed by atoms with Gasteiger partial charge in [-0.2, -0.15) is 0 Å². The maximum absolute atomic E-state index is 13.8. The van der Waals surface area contributed by atoms with E-state index < -0.39 is 5.54 Å². The van der Waals surface area contributed by atoms with Crippen molar-refractivity contribution in [3.05, 3.63) is 64.3 Å². The van der Waals surface area contributed by atoms with Crippen LogP contribution >= 0.6 is 11.3 Å². The molecule has 0 saturated heterocycles. The highest BCUT2D eigenvalue weighted by molar-refractivity contribution is 7.19. The van der Waals surface area contributed by atoms with Crippen molar-refractivity contribution in [2.45, 2.75) is 38.3 Å². The highest BCUT2D eigenvalue weighted by atomic mass is 32.1. The summed E-state index contributed by atoms with van der Waals surface area (Å²) in [7, 11) is 0. The molecule has 1 aliphatic rings. The first-order valence-corrected chi connectivity index (χ1v) is 10.2. The summed E-state index contributed by atoms with van der Waals surface area (Å²) in [6, 6.07) is 12.1. The number of halogens is 1. The number of fused-ring (bicyclic) bond motifs is 1. The minimum Gasteiger partial charge on any atom is -0.489 e. The number of rotatable bonds is 6. The smallest absolute Gasteiger partial charge is 0.253 e. The molecule has 3 aromatic rings. The molecule has 2 N–H and O–H groups in total. The lowest BCUT2D eigenvalue weighted by molar-refractivity contribution is 0.0643. The number of aliphatic hydroxyl groups is 1. The molecular formula is C22H22FNO3S. The highest BCUT2D eigenvalue weighted by Crippen LogP contribution is 2.36. The van der Waals surface area contributed by atoms with Gasteiger partial charge in [-0.15, -0.1) is 11.3 Å². The Hall–Kier alpha value is -2.44. The minimum absolute atomic E-state index is 0.0448. The zero-order valence-corrected chi connectivity index (χ0v) is 16.4. The van der Waals surface area contributed by atoms with Gasteiger partial charge in [0.2, 0.25) is 0 Å². The predicted octanol–water partition coefficient (Wildman–Crippen LogP) is 4.57. The average molecular weight is 399 g/mol. The molecule has 6 heteroatoms. The Kier molecular flexibility index (Phi) is 5.08. The molecule has 1 aliphatic carbocycles. The van der Waals surface area contributed by atoms with Crippen molar-refractivity contribution in [1.82, 2.24) is 5.32 Å². The molecule has 1 fully saturated rings. The van der Waals surface area contributed by atoms with Crippen molar-refractivity contribution >= 4 is 27.3 Å². The summed E-state index contributed by atoms with van der Waals surface area (Å²) in [6.45, 7) is 2.00. The maximum atomic E-state index is 13.8. The van der Waals surface area contributed by atoms with Crippen molar-refractivity contribution in [2.24, 2.45) is 0 Å². The topological polar surface area (TPSA) is 58.6 Å². The molecule has 0 aliphatic heterocycles. The van der Waals surface area contributed by atoms with Gasteiger partial charge in [0.1, 0.15) is 18.2 Å². The lowest BCUT2D eigenvalue weighted by Gasteiger charge is -2.41. The molecule has 0 radical (unpaired) electrons. The van der Waals surface area contributed by atoms with Crippen LogP contribution in [0.25, 0.3) is 10.1 Å². The van der Waals surface area contributed by atoms with E-state index >= 15 is 0 Å². The molecule has 0 spiro atoms. The Morgan fingerprint density at radius 1 is 1.29 bits per heavy atom. The van der Waals surface area contributed by atoms with Crippen LogP contribution in [0.1, 0.15) is 40.1 Å². The molecule has 28 heavy (non-hydrogen) atoms. The van der Waals surface area contributed by atoms with Crippen molar-refractivity contribution in [3.63, 3.8) is 0 Å². The summed E-state index contributed by atoms with van der Waals surface area (Å²) >= 11 is 1.55. The molecule has 4 rings (SSSR count). The molecule has 0 atom stereocenters. The summed E-state index contributed by atoms with van der Waals surface area (Å²) in [4.78, 5) is 13.9. The van der Waals surface area contributed by atoms with E-state index in [1.807, 2.05) is 25.1 Å². The van der Waals surface area contributed by atoms with Crippen molar-refractivity contribution in [2.75, 3.05) is 6.61 Å². The van der Waals surface area contributed by atoms with Gasteiger partial charge in [0.25, 0.3) is 5.91 Å². The van der Waals surface area contributed by atoms with Crippen LogP contribution in [-0.2, 0) is 6.61 Å². The third kappa shape index (κ3) is 3.50. The fourth-order valence-electron chi connectivity index (χ4n) is 3.58.